The maximum absolute atomic E-state index is 13.3. The Hall–Kier alpha value is -2.27. The zero-order valence-electron chi connectivity index (χ0n) is 21.6. The van der Waals surface area contributed by atoms with Gasteiger partial charge in [-0.2, -0.15) is 0 Å². The molecule has 2 fully saturated rings. The van der Waals surface area contributed by atoms with Crippen molar-refractivity contribution in [3.63, 3.8) is 0 Å². The van der Waals surface area contributed by atoms with Crippen LogP contribution >= 0.6 is 0 Å². The van der Waals surface area contributed by atoms with Gasteiger partial charge in [0.15, 0.2) is 0 Å². The van der Waals surface area contributed by atoms with Crippen molar-refractivity contribution in [2.75, 3.05) is 26.2 Å². The number of aryl methyl sites for hydroxylation is 2. The van der Waals surface area contributed by atoms with Crippen molar-refractivity contribution in [3.8, 4) is 0 Å². The molecule has 0 aliphatic carbocycles. The number of piperidine rings is 2. The lowest BCUT2D eigenvalue weighted by Crippen LogP contribution is -2.48. The highest BCUT2D eigenvalue weighted by atomic mass is 16.2. The van der Waals surface area contributed by atoms with Crippen molar-refractivity contribution >= 4 is 5.91 Å². The summed E-state index contributed by atoms with van der Waals surface area (Å²) >= 11 is 0. The zero-order valence-corrected chi connectivity index (χ0v) is 21.6. The number of carbonyl (C=O) groups excluding carboxylic acids is 1. The van der Waals surface area contributed by atoms with Crippen molar-refractivity contribution in [3.05, 3.63) is 58.7 Å². The molecule has 0 radical (unpaired) electrons. The summed E-state index contributed by atoms with van der Waals surface area (Å²) in [6.07, 6.45) is 10.7. The van der Waals surface area contributed by atoms with E-state index in [1.165, 1.54) is 43.5 Å². The van der Waals surface area contributed by atoms with Crippen LogP contribution in [-0.2, 0) is 18.3 Å². The van der Waals surface area contributed by atoms with Crippen LogP contribution in [0.15, 0.2) is 30.6 Å². The van der Waals surface area contributed by atoms with Gasteiger partial charge in [-0.3, -0.25) is 4.79 Å². The van der Waals surface area contributed by atoms with Gasteiger partial charge in [0.25, 0.3) is 5.91 Å². The summed E-state index contributed by atoms with van der Waals surface area (Å²) in [5.74, 6) is 0.0796. The van der Waals surface area contributed by atoms with E-state index in [0.29, 0.717) is 11.7 Å². The average Bonchev–Trinajstić information content (AvgIpc) is 2.85. The molecule has 3 heterocycles. The predicted molar refractivity (Wildman–Crippen MR) is 138 cm³/mol. The highest BCUT2D eigenvalue weighted by Crippen LogP contribution is 2.24. The number of rotatable bonds is 6. The highest BCUT2D eigenvalue weighted by Gasteiger charge is 2.29. The lowest BCUT2D eigenvalue weighted by Gasteiger charge is -2.40. The first-order valence-corrected chi connectivity index (χ1v) is 13.3. The molecule has 4 rings (SSSR count). The van der Waals surface area contributed by atoms with Gasteiger partial charge >= 0.3 is 0 Å². The molecular formula is C29H42N4O. The van der Waals surface area contributed by atoms with Gasteiger partial charge in [-0.25, -0.2) is 9.97 Å². The van der Waals surface area contributed by atoms with Gasteiger partial charge in [-0.15, -0.1) is 0 Å². The van der Waals surface area contributed by atoms with Gasteiger partial charge in [0.1, 0.15) is 12.0 Å². The molecular weight excluding hydrogens is 420 g/mol. The molecule has 0 saturated carbocycles. The first kappa shape index (κ1) is 24.8. The molecule has 1 aromatic carbocycles. The first-order valence-electron chi connectivity index (χ1n) is 13.3. The van der Waals surface area contributed by atoms with Crippen LogP contribution in [0.25, 0.3) is 0 Å². The fraction of sp³-hybridized carbons (Fsp3) is 0.621. The van der Waals surface area contributed by atoms with Gasteiger partial charge in [-0.1, -0.05) is 51.5 Å². The van der Waals surface area contributed by atoms with Crippen LogP contribution in [0.5, 0.6) is 0 Å². The molecule has 1 amide bonds. The van der Waals surface area contributed by atoms with Crippen molar-refractivity contribution in [1.82, 2.24) is 19.8 Å². The van der Waals surface area contributed by atoms with Crippen molar-refractivity contribution < 1.29 is 4.79 Å². The van der Waals surface area contributed by atoms with Gasteiger partial charge in [-0.05, 0) is 81.5 Å². The van der Waals surface area contributed by atoms with Crippen LogP contribution in [0, 0.1) is 6.92 Å². The minimum Gasteiger partial charge on any atom is -0.337 e. The van der Waals surface area contributed by atoms with E-state index in [2.05, 4.69) is 59.9 Å². The molecule has 5 nitrogen and oxygen atoms in total. The predicted octanol–water partition coefficient (Wildman–Crippen LogP) is 5.35. The Kier molecular flexibility index (Phi) is 8.02. The summed E-state index contributed by atoms with van der Waals surface area (Å²) in [5.41, 5.74) is 5.46. The average molecular weight is 463 g/mol. The summed E-state index contributed by atoms with van der Waals surface area (Å²) < 4.78 is 0. The van der Waals surface area contributed by atoms with E-state index in [1.807, 2.05) is 11.8 Å². The Morgan fingerprint density at radius 2 is 1.62 bits per heavy atom. The normalized spacial score (nSPS) is 18.3. The standard InChI is InChI=1S/C29H42N4O/c1-22-26(10-8-9-23-11-13-24(14-12-23)29(2,3)4)30-21-31-27(22)28(34)33-19-15-25(16-20-33)32-17-6-5-7-18-32/h11-14,21,25H,5-10,15-20H2,1-4H3. The lowest BCUT2D eigenvalue weighted by molar-refractivity contribution is 0.0583. The van der Waals surface area contributed by atoms with Crippen LogP contribution in [0.1, 0.15) is 92.2 Å². The van der Waals surface area contributed by atoms with Crippen LogP contribution in [0.4, 0.5) is 0 Å². The number of hydrogen-bond acceptors (Lipinski definition) is 4. The molecule has 1 aromatic heterocycles. The summed E-state index contributed by atoms with van der Waals surface area (Å²) in [5, 5.41) is 0. The third-order valence-corrected chi connectivity index (χ3v) is 7.75. The van der Waals surface area contributed by atoms with Crippen LogP contribution < -0.4 is 0 Å². The lowest BCUT2D eigenvalue weighted by atomic mass is 9.86. The Labute approximate surface area is 206 Å². The van der Waals surface area contributed by atoms with Crippen LogP contribution in [0.3, 0.4) is 0 Å². The number of likely N-dealkylation sites (tertiary alicyclic amines) is 2. The monoisotopic (exact) mass is 462 g/mol. The molecule has 2 aliphatic heterocycles. The smallest absolute Gasteiger partial charge is 0.272 e. The molecule has 2 aliphatic rings. The minimum atomic E-state index is 0.0796. The van der Waals surface area contributed by atoms with E-state index in [1.54, 1.807) is 6.33 Å². The Morgan fingerprint density at radius 3 is 2.26 bits per heavy atom. The Morgan fingerprint density at radius 1 is 0.941 bits per heavy atom. The molecule has 2 aromatic rings. The van der Waals surface area contributed by atoms with E-state index in [9.17, 15) is 4.79 Å². The molecule has 0 atom stereocenters. The van der Waals surface area contributed by atoms with Gasteiger partial charge in [0, 0.05) is 30.4 Å². The van der Waals surface area contributed by atoms with E-state index >= 15 is 0 Å². The third-order valence-electron chi connectivity index (χ3n) is 7.75. The molecule has 184 valence electrons. The highest BCUT2D eigenvalue weighted by molar-refractivity contribution is 5.93. The van der Waals surface area contributed by atoms with Crippen molar-refractivity contribution in [1.29, 1.82) is 0 Å². The number of amides is 1. The molecule has 5 heteroatoms. The van der Waals surface area contributed by atoms with Gasteiger partial charge in [0.05, 0.1) is 0 Å². The third kappa shape index (κ3) is 6.04. The van der Waals surface area contributed by atoms with E-state index < -0.39 is 0 Å². The van der Waals surface area contributed by atoms with E-state index in [4.69, 9.17) is 0 Å². The molecule has 0 bridgehead atoms. The van der Waals surface area contributed by atoms with Crippen molar-refractivity contribution in [2.45, 2.75) is 90.5 Å². The SMILES string of the molecule is Cc1c(CCCc2ccc(C(C)(C)C)cc2)ncnc1C(=O)N1CCC(N2CCCCC2)CC1. The van der Waals surface area contributed by atoms with Crippen LogP contribution in [-0.4, -0.2) is 57.9 Å². The molecule has 2 saturated heterocycles. The molecule has 0 N–H and O–H groups in total. The number of aromatic nitrogens is 2. The topological polar surface area (TPSA) is 49.3 Å². The second kappa shape index (κ2) is 11.0. The maximum atomic E-state index is 13.3. The van der Waals surface area contributed by atoms with Crippen LogP contribution in [0.2, 0.25) is 0 Å². The van der Waals surface area contributed by atoms with Gasteiger partial charge < -0.3 is 9.80 Å². The minimum absolute atomic E-state index is 0.0796. The number of hydrogen-bond donors (Lipinski definition) is 0. The molecule has 0 spiro atoms. The van der Waals surface area contributed by atoms with E-state index in [0.717, 1.165) is 56.5 Å². The first-order chi connectivity index (χ1) is 16.3. The number of carbonyl (C=O) groups is 1. The quantitative estimate of drug-likeness (QED) is 0.581. The summed E-state index contributed by atoms with van der Waals surface area (Å²) in [7, 11) is 0. The summed E-state index contributed by atoms with van der Waals surface area (Å²) in [4.78, 5) is 26.9. The fourth-order valence-electron chi connectivity index (χ4n) is 5.45. The Bertz CT molecular complexity index is 949. The molecule has 0 unspecified atom stereocenters. The Balaban J connectivity index is 1.31. The number of nitrogens with zero attached hydrogens (tertiary/aromatic N) is 4. The van der Waals surface area contributed by atoms with E-state index in [-0.39, 0.29) is 11.3 Å². The number of benzene rings is 1. The fourth-order valence-corrected chi connectivity index (χ4v) is 5.45. The second-order valence-corrected chi connectivity index (χ2v) is 11.2. The maximum Gasteiger partial charge on any atom is 0.272 e. The largest absolute Gasteiger partial charge is 0.337 e. The molecule has 34 heavy (non-hydrogen) atoms. The summed E-state index contributed by atoms with van der Waals surface area (Å²) in [6, 6.07) is 9.63. The summed E-state index contributed by atoms with van der Waals surface area (Å²) in [6.45, 7) is 12.9. The second-order valence-electron chi connectivity index (χ2n) is 11.2. The zero-order chi connectivity index (χ0) is 24.1. The van der Waals surface area contributed by atoms with Gasteiger partial charge in [0.2, 0.25) is 0 Å². The van der Waals surface area contributed by atoms with Crippen molar-refractivity contribution in [2.24, 2.45) is 0 Å².